The van der Waals surface area contributed by atoms with Crippen molar-refractivity contribution in [2.24, 2.45) is 0 Å². The molecule has 2 aromatic heterocycles. The number of amides is 1. The summed E-state index contributed by atoms with van der Waals surface area (Å²) in [6.45, 7) is 0. The fourth-order valence-electron chi connectivity index (χ4n) is 2.48. The summed E-state index contributed by atoms with van der Waals surface area (Å²) < 4.78 is 15.9. The number of nitrogens with one attached hydrogen (secondary N) is 1. The molecule has 22 heavy (non-hydrogen) atoms. The molecular weight excluding hydrogens is 283 g/mol. The number of benzene rings is 1. The second-order valence-electron chi connectivity index (χ2n) is 5.10. The van der Waals surface area contributed by atoms with Crippen molar-refractivity contribution in [2.45, 2.75) is 0 Å². The Balaban J connectivity index is 2.14. The normalized spacial score (nSPS) is 10.7. The molecule has 0 unspecified atom stereocenters. The van der Waals surface area contributed by atoms with Crippen LogP contribution in [0, 0.1) is 5.82 Å². The quantitative estimate of drug-likeness (QED) is 0.754. The van der Waals surface area contributed by atoms with E-state index in [1.165, 1.54) is 6.07 Å². The van der Waals surface area contributed by atoms with Gasteiger partial charge in [0, 0.05) is 31.4 Å². The van der Waals surface area contributed by atoms with E-state index in [4.69, 9.17) is 0 Å². The van der Waals surface area contributed by atoms with E-state index < -0.39 is 0 Å². The Morgan fingerprint density at radius 3 is 2.77 bits per heavy atom. The molecule has 6 heteroatoms. The second-order valence-corrected chi connectivity index (χ2v) is 5.10. The Morgan fingerprint density at radius 2 is 2.05 bits per heavy atom. The van der Waals surface area contributed by atoms with Gasteiger partial charge in [-0.15, -0.1) is 0 Å². The van der Waals surface area contributed by atoms with Crippen LogP contribution in [0.25, 0.3) is 16.8 Å². The monoisotopic (exact) mass is 298 g/mol. The van der Waals surface area contributed by atoms with Crippen LogP contribution in [0.5, 0.6) is 0 Å². The van der Waals surface area contributed by atoms with Crippen molar-refractivity contribution in [3.05, 3.63) is 48.5 Å². The number of hydrogen-bond donors (Lipinski definition) is 1. The minimum atomic E-state index is -0.267. The first-order chi connectivity index (χ1) is 10.6. The number of carbonyl (C=O) groups is 1. The highest BCUT2D eigenvalue weighted by Crippen LogP contribution is 2.32. The summed E-state index contributed by atoms with van der Waals surface area (Å²) in [6, 6.07) is 8.72. The van der Waals surface area contributed by atoms with E-state index in [0.29, 0.717) is 23.6 Å². The number of anilines is 2. The summed E-state index contributed by atoms with van der Waals surface area (Å²) in [5, 5.41) is 2.51. The van der Waals surface area contributed by atoms with E-state index in [2.05, 4.69) is 10.3 Å². The van der Waals surface area contributed by atoms with Crippen LogP contribution in [0.1, 0.15) is 0 Å². The van der Waals surface area contributed by atoms with Crippen LogP contribution in [0.15, 0.2) is 42.7 Å². The summed E-state index contributed by atoms with van der Waals surface area (Å²) in [4.78, 5) is 16.5. The first kappa shape index (κ1) is 14.1. The van der Waals surface area contributed by atoms with E-state index >= 15 is 0 Å². The molecule has 0 radical (unpaired) electrons. The highest BCUT2D eigenvalue weighted by atomic mass is 19.1. The van der Waals surface area contributed by atoms with Crippen LogP contribution in [0.2, 0.25) is 0 Å². The predicted molar refractivity (Wildman–Crippen MR) is 84.6 cm³/mol. The Bertz CT molecular complexity index is 841. The van der Waals surface area contributed by atoms with Crippen molar-refractivity contribution in [2.75, 3.05) is 24.3 Å². The maximum absolute atomic E-state index is 14.1. The number of pyridine rings is 1. The zero-order valence-electron chi connectivity index (χ0n) is 12.2. The number of aromatic nitrogens is 2. The second kappa shape index (κ2) is 5.48. The van der Waals surface area contributed by atoms with E-state index in [1.54, 1.807) is 21.6 Å². The van der Waals surface area contributed by atoms with Crippen molar-refractivity contribution >= 4 is 23.6 Å². The SMILES string of the molecule is CN(C)c1c(F)cccc1-c1ccc2nc(NC=O)cn2c1. The third-order valence-electron chi connectivity index (χ3n) is 3.40. The smallest absolute Gasteiger partial charge is 0.212 e. The standard InChI is InChI=1S/C16H15FN4O/c1-20(2)16-12(4-3-5-13(16)17)11-6-7-15-19-14(18-10-22)9-21(15)8-11/h3-10H,1-2H3,(H,18,22). The maximum atomic E-state index is 14.1. The highest BCUT2D eigenvalue weighted by Gasteiger charge is 2.13. The van der Waals surface area contributed by atoms with Crippen molar-refractivity contribution in [3.63, 3.8) is 0 Å². The van der Waals surface area contributed by atoms with Gasteiger partial charge in [-0.3, -0.25) is 4.79 Å². The van der Waals surface area contributed by atoms with E-state index in [0.717, 1.165) is 11.1 Å². The molecule has 0 saturated carbocycles. The van der Waals surface area contributed by atoms with Crippen LogP contribution >= 0.6 is 0 Å². The molecule has 1 amide bonds. The Kier molecular flexibility index (Phi) is 3.50. The molecule has 0 atom stereocenters. The molecule has 3 aromatic rings. The molecular formula is C16H15FN4O. The number of rotatable bonds is 4. The first-order valence-electron chi connectivity index (χ1n) is 6.75. The number of carbonyl (C=O) groups excluding carboxylic acids is 1. The van der Waals surface area contributed by atoms with Crippen LogP contribution in [0.4, 0.5) is 15.9 Å². The topological polar surface area (TPSA) is 49.6 Å². The molecule has 0 aliphatic rings. The minimum Gasteiger partial charge on any atom is -0.375 e. The number of para-hydroxylation sites is 1. The van der Waals surface area contributed by atoms with Crippen LogP contribution in [0.3, 0.4) is 0 Å². The average molecular weight is 298 g/mol. The van der Waals surface area contributed by atoms with E-state index in [1.807, 2.05) is 38.5 Å². The largest absolute Gasteiger partial charge is 0.375 e. The maximum Gasteiger partial charge on any atom is 0.212 e. The van der Waals surface area contributed by atoms with Crippen molar-refractivity contribution < 1.29 is 9.18 Å². The van der Waals surface area contributed by atoms with Crippen LogP contribution in [-0.2, 0) is 4.79 Å². The lowest BCUT2D eigenvalue weighted by Gasteiger charge is -2.18. The molecule has 0 aliphatic carbocycles. The predicted octanol–water partition coefficient (Wildman–Crippen LogP) is 2.77. The Morgan fingerprint density at radius 1 is 1.23 bits per heavy atom. The van der Waals surface area contributed by atoms with Gasteiger partial charge >= 0.3 is 0 Å². The first-order valence-corrected chi connectivity index (χ1v) is 6.75. The lowest BCUT2D eigenvalue weighted by atomic mass is 10.0. The van der Waals surface area contributed by atoms with Gasteiger partial charge in [-0.1, -0.05) is 12.1 Å². The zero-order valence-corrected chi connectivity index (χ0v) is 12.2. The molecule has 0 aliphatic heterocycles. The van der Waals surface area contributed by atoms with Gasteiger partial charge in [-0.2, -0.15) is 0 Å². The number of fused-ring (bicyclic) bond motifs is 1. The number of nitrogens with zero attached hydrogens (tertiary/aromatic N) is 3. The molecule has 1 aromatic carbocycles. The minimum absolute atomic E-state index is 0.267. The molecule has 0 bridgehead atoms. The van der Waals surface area contributed by atoms with Gasteiger partial charge in [0.05, 0.1) is 11.9 Å². The number of hydrogen-bond acceptors (Lipinski definition) is 3. The third kappa shape index (κ3) is 2.39. The number of imidazole rings is 1. The fourth-order valence-corrected chi connectivity index (χ4v) is 2.48. The highest BCUT2D eigenvalue weighted by molar-refractivity contribution is 5.79. The van der Waals surface area contributed by atoms with Crippen LogP contribution < -0.4 is 10.2 Å². The molecule has 2 heterocycles. The van der Waals surface area contributed by atoms with Crippen molar-refractivity contribution in [1.82, 2.24) is 9.38 Å². The number of halogens is 1. The Labute approximate surface area is 127 Å². The third-order valence-corrected chi connectivity index (χ3v) is 3.40. The molecule has 1 N–H and O–H groups in total. The zero-order chi connectivity index (χ0) is 15.7. The molecule has 5 nitrogen and oxygen atoms in total. The van der Waals surface area contributed by atoms with E-state index in [9.17, 15) is 9.18 Å². The summed E-state index contributed by atoms with van der Waals surface area (Å²) in [7, 11) is 3.62. The molecule has 112 valence electrons. The molecule has 3 rings (SSSR count). The molecule has 0 saturated heterocycles. The fraction of sp³-hybridized carbons (Fsp3) is 0.125. The van der Waals surface area contributed by atoms with Gasteiger partial charge in [0.25, 0.3) is 0 Å². The summed E-state index contributed by atoms with van der Waals surface area (Å²) in [6.07, 6.45) is 4.15. The summed E-state index contributed by atoms with van der Waals surface area (Å²) >= 11 is 0. The molecule has 0 spiro atoms. The van der Waals surface area contributed by atoms with Gasteiger partial charge in [-0.05, 0) is 18.2 Å². The van der Waals surface area contributed by atoms with E-state index in [-0.39, 0.29) is 5.82 Å². The summed E-state index contributed by atoms with van der Waals surface area (Å²) in [5.74, 6) is 0.204. The van der Waals surface area contributed by atoms with Crippen LogP contribution in [-0.4, -0.2) is 29.9 Å². The van der Waals surface area contributed by atoms with Crippen molar-refractivity contribution in [3.8, 4) is 11.1 Å². The van der Waals surface area contributed by atoms with Gasteiger partial charge in [-0.25, -0.2) is 9.37 Å². The van der Waals surface area contributed by atoms with Crippen molar-refractivity contribution in [1.29, 1.82) is 0 Å². The summed E-state index contributed by atoms with van der Waals surface area (Å²) in [5.41, 5.74) is 2.90. The lowest BCUT2D eigenvalue weighted by Crippen LogP contribution is -2.12. The Hall–Kier alpha value is -2.89. The molecule has 0 fully saturated rings. The van der Waals surface area contributed by atoms with Gasteiger partial charge < -0.3 is 14.6 Å². The van der Waals surface area contributed by atoms with Gasteiger partial charge in [0.2, 0.25) is 6.41 Å². The van der Waals surface area contributed by atoms with Gasteiger partial charge in [0.1, 0.15) is 11.5 Å². The van der Waals surface area contributed by atoms with Gasteiger partial charge in [0.15, 0.2) is 5.82 Å². The lowest BCUT2D eigenvalue weighted by molar-refractivity contribution is -0.105. The average Bonchev–Trinajstić information content (AvgIpc) is 2.88.